The second-order valence-electron chi connectivity index (χ2n) is 4.93. The molecule has 0 radical (unpaired) electrons. The molecule has 2 heterocycles. The monoisotopic (exact) mass is 263 g/mol. The smallest absolute Gasteiger partial charge is 0.264 e. The van der Waals surface area contributed by atoms with Gasteiger partial charge in [0.25, 0.3) is 5.56 Å². The van der Waals surface area contributed by atoms with Crippen molar-refractivity contribution < 1.29 is 0 Å². The van der Waals surface area contributed by atoms with Crippen LogP contribution in [0.3, 0.4) is 0 Å². The highest BCUT2D eigenvalue weighted by Gasteiger charge is 2.07. The number of aromatic nitrogens is 4. The first-order valence-corrected chi connectivity index (χ1v) is 6.68. The first-order chi connectivity index (χ1) is 9.13. The Bertz CT molecular complexity index is 601. The van der Waals surface area contributed by atoms with E-state index < -0.39 is 0 Å². The Labute approximate surface area is 112 Å². The van der Waals surface area contributed by atoms with Crippen LogP contribution in [0.1, 0.15) is 26.2 Å². The molecular formula is C13H21N5O. The Kier molecular flexibility index (Phi) is 4.31. The lowest BCUT2D eigenvalue weighted by atomic mass is 10.1. The third-order valence-corrected chi connectivity index (χ3v) is 3.50. The highest BCUT2D eigenvalue weighted by atomic mass is 16.1. The number of fused-ring (bicyclic) bond motifs is 1. The van der Waals surface area contributed by atoms with Gasteiger partial charge in [0.05, 0.1) is 12.5 Å². The van der Waals surface area contributed by atoms with Crippen LogP contribution in [0.5, 0.6) is 0 Å². The van der Waals surface area contributed by atoms with E-state index in [9.17, 15) is 4.79 Å². The van der Waals surface area contributed by atoms with Gasteiger partial charge in [0.2, 0.25) is 0 Å². The minimum atomic E-state index is -0.000218. The highest BCUT2D eigenvalue weighted by molar-refractivity contribution is 5.72. The molecule has 1 atom stereocenters. The quantitative estimate of drug-likeness (QED) is 0.787. The number of nitrogens with zero attached hydrogens (tertiary/aromatic N) is 4. The topological polar surface area (TPSA) is 64.7 Å². The lowest BCUT2D eigenvalue weighted by molar-refractivity contribution is 0.500. The van der Waals surface area contributed by atoms with Crippen LogP contribution in [-0.4, -0.2) is 32.4 Å². The average Bonchev–Trinajstić information content (AvgIpc) is 2.79. The number of unbranched alkanes of at least 4 members (excludes halogenated alkanes) is 1. The van der Waals surface area contributed by atoms with E-state index in [4.69, 9.17) is 0 Å². The van der Waals surface area contributed by atoms with Gasteiger partial charge in [-0.2, -0.15) is 5.10 Å². The van der Waals surface area contributed by atoms with Gasteiger partial charge in [0.15, 0.2) is 5.65 Å². The zero-order valence-corrected chi connectivity index (χ0v) is 11.8. The van der Waals surface area contributed by atoms with Crippen molar-refractivity contribution in [2.24, 2.45) is 7.05 Å². The van der Waals surface area contributed by atoms with Gasteiger partial charge in [0, 0.05) is 19.6 Å². The van der Waals surface area contributed by atoms with E-state index in [1.54, 1.807) is 28.8 Å². The van der Waals surface area contributed by atoms with E-state index in [1.165, 1.54) is 0 Å². The van der Waals surface area contributed by atoms with Crippen LogP contribution in [0, 0.1) is 0 Å². The third-order valence-electron chi connectivity index (χ3n) is 3.50. The Morgan fingerprint density at radius 3 is 2.95 bits per heavy atom. The molecular weight excluding hydrogens is 242 g/mol. The summed E-state index contributed by atoms with van der Waals surface area (Å²) in [6.07, 6.45) is 6.41. The molecule has 0 aliphatic heterocycles. The second kappa shape index (κ2) is 5.97. The molecule has 2 aromatic rings. The first-order valence-electron chi connectivity index (χ1n) is 6.68. The van der Waals surface area contributed by atoms with Crippen LogP contribution < -0.4 is 10.9 Å². The lowest BCUT2D eigenvalue weighted by Crippen LogP contribution is -2.22. The predicted octanol–water partition coefficient (Wildman–Crippen LogP) is 0.908. The molecule has 2 aromatic heterocycles. The number of hydrogen-bond acceptors (Lipinski definition) is 4. The predicted molar refractivity (Wildman–Crippen MR) is 75.1 cm³/mol. The number of hydrogen-bond donors (Lipinski definition) is 1. The molecule has 19 heavy (non-hydrogen) atoms. The van der Waals surface area contributed by atoms with Crippen LogP contribution in [0.25, 0.3) is 11.0 Å². The second-order valence-corrected chi connectivity index (χ2v) is 4.93. The Balaban J connectivity index is 2.01. The van der Waals surface area contributed by atoms with Gasteiger partial charge in [0.1, 0.15) is 5.39 Å². The Morgan fingerprint density at radius 2 is 2.21 bits per heavy atom. The fraction of sp³-hybridized carbons (Fsp3) is 0.615. The summed E-state index contributed by atoms with van der Waals surface area (Å²) in [6.45, 7) is 2.88. The molecule has 1 unspecified atom stereocenters. The van der Waals surface area contributed by atoms with E-state index in [-0.39, 0.29) is 5.56 Å². The molecule has 0 saturated heterocycles. The normalized spacial score (nSPS) is 13.0. The third kappa shape index (κ3) is 3.01. The molecule has 2 rings (SSSR count). The minimum Gasteiger partial charge on any atom is -0.317 e. The molecule has 0 saturated carbocycles. The maximum Gasteiger partial charge on any atom is 0.264 e. The summed E-state index contributed by atoms with van der Waals surface area (Å²) in [5.74, 6) is 0. The SMILES string of the molecule is CNC(C)CCCCn1cnc2c(cnn2C)c1=O. The van der Waals surface area contributed by atoms with E-state index in [0.29, 0.717) is 23.6 Å². The van der Waals surface area contributed by atoms with E-state index >= 15 is 0 Å². The van der Waals surface area contributed by atoms with Crippen LogP contribution >= 0.6 is 0 Å². The first kappa shape index (κ1) is 13.7. The number of rotatable bonds is 6. The maximum atomic E-state index is 12.2. The fourth-order valence-corrected chi connectivity index (χ4v) is 2.10. The summed E-state index contributed by atoms with van der Waals surface area (Å²) < 4.78 is 3.30. The summed E-state index contributed by atoms with van der Waals surface area (Å²) in [5, 5.41) is 7.86. The highest BCUT2D eigenvalue weighted by Crippen LogP contribution is 2.05. The summed E-state index contributed by atoms with van der Waals surface area (Å²) in [6, 6.07) is 0.524. The van der Waals surface area contributed by atoms with Crippen molar-refractivity contribution in [1.82, 2.24) is 24.6 Å². The van der Waals surface area contributed by atoms with Crippen LogP contribution in [0.4, 0.5) is 0 Å². The largest absolute Gasteiger partial charge is 0.317 e. The number of nitrogens with one attached hydrogen (secondary N) is 1. The van der Waals surface area contributed by atoms with Crippen molar-refractivity contribution in [1.29, 1.82) is 0 Å². The van der Waals surface area contributed by atoms with Crippen molar-refractivity contribution in [3.05, 3.63) is 22.9 Å². The molecule has 0 aliphatic rings. The van der Waals surface area contributed by atoms with Gasteiger partial charge in [-0.3, -0.25) is 14.0 Å². The van der Waals surface area contributed by atoms with Gasteiger partial charge >= 0.3 is 0 Å². The molecule has 0 amide bonds. The van der Waals surface area contributed by atoms with E-state index in [1.807, 2.05) is 7.05 Å². The molecule has 0 bridgehead atoms. The average molecular weight is 263 g/mol. The van der Waals surface area contributed by atoms with Gasteiger partial charge in [-0.05, 0) is 26.8 Å². The van der Waals surface area contributed by atoms with Crippen molar-refractivity contribution in [3.8, 4) is 0 Å². The van der Waals surface area contributed by atoms with Gasteiger partial charge in [-0.1, -0.05) is 6.42 Å². The summed E-state index contributed by atoms with van der Waals surface area (Å²) in [5.41, 5.74) is 0.643. The Morgan fingerprint density at radius 1 is 1.42 bits per heavy atom. The standard InChI is InChI=1S/C13H21N5O/c1-10(14-2)6-4-5-7-18-9-15-12-11(13(18)19)8-16-17(12)3/h8-10,14H,4-7H2,1-3H3. The lowest BCUT2D eigenvalue weighted by Gasteiger charge is -2.10. The molecule has 0 aliphatic carbocycles. The zero-order valence-electron chi connectivity index (χ0n) is 11.8. The van der Waals surface area contributed by atoms with Crippen LogP contribution in [0.15, 0.2) is 17.3 Å². The van der Waals surface area contributed by atoms with Crippen molar-refractivity contribution in [2.75, 3.05) is 7.05 Å². The van der Waals surface area contributed by atoms with Crippen LogP contribution in [0.2, 0.25) is 0 Å². The molecule has 0 fully saturated rings. The van der Waals surface area contributed by atoms with Crippen molar-refractivity contribution in [3.63, 3.8) is 0 Å². The summed E-state index contributed by atoms with van der Waals surface area (Å²) >= 11 is 0. The van der Waals surface area contributed by atoms with Gasteiger partial charge in [-0.25, -0.2) is 4.98 Å². The molecule has 104 valence electrons. The van der Waals surface area contributed by atoms with E-state index in [2.05, 4.69) is 22.3 Å². The zero-order chi connectivity index (χ0) is 13.8. The fourth-order valence-electron chi connectivity index (χ4n) is 2.10. The maximum absolute atomic E-state index is 12.2. The van der Waals surface area contributed by atoms with Crippen molar-refractivity contribution >= 4 is 11.0 Å². The Hall–Kier alpha value is -1.69. The van der Waals surface area contributed by atoms with Gasteiger partial charge < -0.3 is 5.32 Å². The van der Waals surface area contributed by atoms with Crippen molar-refractivity contribution in [2.45, 2.75) is 38.8 Å². The molecule has 0 spiro atoms. The van der Waals surface area contributed by atoms with Gasteiger partial charge in [-0.15, -0.1) is 0 Å². The van der Waals surface area contributed by atoms with E-state index in [0.717, 1.165) is 19.3 Å². The molecule has 1 N–H and O–H groups in total. The summed E-state index contributed by atoms with van der Waals surface area (Å²) in [7, 11) is 3.76. The molecule has 6 nitrogen and oxygen atoms in total. The van der Waals surface area contributed by atoms with Crippen LogP contribution in [-0.2, 0) is 13.6 Å². The summed E-state index contributed by atoms with van der Waals surface area (Å²) in [4.78, 5) is 16.5. The number of aryl methyl sites for hydroxylation is 2. The minimum absolute atomic E-state index is 0.000218. The molecule has 6 heteroatoms. The molecule has 0 aromatic carbocycles.